The topological polar surface area (TPSA) is 130 Å². The number of fused-ring (bicyclic) bond motifs is 1. The van der Waals surface area contributed by atoms with Gasteiger partial charge >= 0.3 is 5.97 Å². The normalized spacial score (nSPS) is 22.6. The Morgan fingerprint density at radius 1 is 0.864 bits per heavy atom. The molecule has 6 rings (SSSR count). The first-order valence-corrected chi connectivity index (χ1v) is 15.2. The van der Waals surface area contributed by atoms with E-state index in [2.05, 4.69) is 5.32 Å². The number of carboxylic acids is 1. The fourth-order valence-electron chi connectivity index (χ4n) is 6.35. The van der Waals surface area contributed by atoms with Crippen molar-refractivity contribution in [3.8, 4) is 11.1 Å². The van der Waals surface area contributed by atoms with Gasteiger partial charge in [0.25, 0.3) is 5.69 Å². The fourth-order valence-corrected chi connectivity index (χ4v) is 7.21. The van der Waals surface area contributed by atoms with Gasteiger partial charge in [-0.3, -0.25) is 34.7 Å². The Labute approximate surface area is 258 Å². The van der Waals surface area contributed by atoms with Gasteiger partial charge in [-0.15, -0.1) is 11.8 Å². The van der Waals surface area contributed by atoms with Gasteiger partial charge < -0.3 is 5.11 Å². The quantitative estimate of drug-likeness (QED) is 0.107. The molecule has 222 valence electrons. The van der Waals surface area contributed by atoms with Crippen molar-refractivity contribution < 1.29 is 24.4 Å². The molecule has 2 amide bonds. The molecule has 2 heterocycles. The molecule has 44 heavy (non-hydrogen) atoms. The minimum atomic E-state index is -1.81. The summed E-state index contributed by atoms with van der Waals surface area (Å²) < 4.78 is 0. The molecule has 0 saturated carbocycles. The number of amides is 2. The Bertz CT molecular complexity index is 1700. The summed E-state index contributed by atoms with van der Waals surface area (Å²) in [6.45, 7) is 0.150. The van der Waals surface area contributed by atoms with Gasteiger partial charge in [-0.1, -0.05) is 84.9 Å². The minimum absolute atomic E-state index is 0.124. The summed E-state index contributed by atoms with van der Waals surface area (Å²) in [5, 5.41) is 25.1. The molecule has 2 fully saturated rings. The van der Waals surface area contributed by atoms with E-state index >= 15 is 0 Å². The zero-order valence-corrected chi connectivity index (χ0v) is 24.4. The third-order valence-corrected chi connectivity index (χ3v) is 9.45. The van der Waals surface area contributed by atoms with Crippen molar-refractivity contribution in [1.82, 2.24) is 10.2 Å². The summed E-state index contributed by atoms with van der Waals surface area (Å²) in [7, 11) is 0. The lowest BCUT2D eigenvalue weighted by atomic mass is 9.76. The van der Waals surface area contributed by atoms with Crippen LogP contribution in [0.25, 0.3) is 11.1 Å². The van der Waals surface area contributed by atoms with Gasteiger partial charge in [-0.25, -0.2) is 0 Å². The molecule has 4 aromatic carbocycles. The van der Waals surface area contributed by atoms with Gasteiger partial charge in [0.2, 0.25) is 11.8 Å². The number of nitrogens with one attached hydrogen (secondary N) is 1. The summed E-state index contributed by atoms with van der Waals surface area (Å²) in [6, 6.07) is 31.9. The average Bonchev–Trinajstić information content (AvgIpc) is 3.52. The van der Waals surface area contributed by atoms with Crippen molar-refractivity contribution in [2.45, 2.75) is 22.9 Å². The second kappa shape index (κ2) is 12.1. The summed E-state index contributed by atoms with van der Waals surface area (Å²) in [5.41, 5.74) is 1.26. The SMILES string of the molecule is O=C1C2C(c3ccc(-c4ccccc4)cc3)NC(Cc3ccc([N+](=O)[O-])cc3)(C(=O)O)C2C(=O)N1CCSc1ccccc1. The van der Waals surface area contributed by atoms with E-state index in [1.807, 2.05) is 84.9 Å². The molecule has 2 aliphatic rings. The molecule has 4 atom stereocenters. The number of non-ortho nitro benzene ring substituents is 1. The zero-order valence-electron chi connectivity index (χ0n) is 23.5. The van der Waals surface area contributed by atoms with E-state index in [-0.39, 0.29) is 18.7 Å². The van der Waals surface area contributed by atoms with Gasteiger partial charge in [-0.05, 0) is 34.4 Å². The lowest BCUT2D eigenvalue weighted by Gasteiger charge is -2.31. The number of hydrogen-bond acceptors (Lipinski definition) is 7. The Kier molecular flexibility index (Phi) is 8.03. The van der Waals surface area contributed by atoms with Crippen molar-refractivity contribution >= 4 is 35.2 Å². The maximum Gasteiger partial charge on any atom is 0.325 e. The number of thioether (sulfide) groups is 1. The van der Waals surface area contributed by atoms with E-state index in [9.17, 15) is 29.6 Å². The number of aliphatic carboxylic acids is 1. The number of carbonyl (C=O) groups is 3. The van der Waals surface area contributed by atoms with E-state index in [0.717, 1.165) is 16.0 Å². The highest BCUT2D eigenvalue weighted by Crippen LogP contribution is 2.50. The molecule has 2 saturated heterocycles. The van der Waals surface area contributed by atoms with Crippen LogP contribution in [0.5, 0.6) is 0 Å². The summed E-state index contributed by atoms with van der Waals surface area (Å²) >= 11 is 1.52. The van der Waals surface area contributed by atoms with Gasteiger partial charge in [0.15, 0.2) is 0 Å². The molecule has 9 nitrogen and oxygen atoms in total. The second-order valence-corrected chi connectivity index (χ2v) is 12.1. The van der Waals surface area contributed by atoms with E-state index in [0.29, 0.717) is 16.9 Å². The van der Waals surface area contributed by atoms with Crippen LogP contribution in [0.15, 0.2) is 114 Å². The zero-order chi connectivity index (χ0) is 30.8. The van der Waals surface area contributed by atoms with Crippen LogP contribution in [0.3, 0.4) is 0 Å². The predicted molar refractivity (Wildman–Crippen MR) is 166 cm³/mol. The summed E-state index contributed by atoms with van der Waals surface area (Å²) in [4.78, 5) is 54.0. The number of nitro benzene ring substituents is 1. The van der Waals surface area contributed by atoms with Crippen LogP contribution >= 0.6 is 11.8 Å². The van der Waals surface area contributed by atoms with Gasteiger partial charge in [0, 0.05) is 41.8 Å². The van der Waals surface area contributed by atoms with Crippen LogP contribution in [0.1, 0.15) is 17.2 Å². The molecule has 0 aromatic heterocycles. The molecule has 10 heteroatoms. The lowest BCUT2D eigenvalue weighted by molar-refractivity contribution is -0.384. The smallest absolute Gasteiger partial charge is 0.325 e. The Morgan fingerprint density at radius 2 is 1.48 bits per heavy atom. The number of hydrogen-bond donors (Lipinski definition) is 2. The van der Waals surface area contributed by atoms with Crippen molar-refractivity contribution in [1.29, 1.82) is 0 Å². The molecule has 0 spiro atoms. The highest BCUT2D eigenvalue weighted by Gasteiger charge is 2.68. The number of nitrogens with zero attached hydrogens (tertiary/aromatic N) is 2. The minimum Gasteiger partial charge on any atom is -0.480 e. The van der Waals surface area contributed by atoms with Crippen LogP contribution in [0.4, 0.5) is 5.69 Å². The first kappa shape index (κ1) is 29.3. The number of benzene rings is 4. The third-order valence-electron chi connectivity index (χ3n) is 8.46. The number of likely N-dealkylation sites (tertiary alicyclic amines) is 1. The molecule has 2 N–H and O–H groups in total. The predicted octanol–water partition coefficient (Wildman–Crippen LogP) is 5.37. The largest absolute Gasteiger partial charge is 0.480 e. The molecular formula is C34H29N3O6S. The molecule has 0 radical (unpaired) electrons. The number of imide groups is 1. The first-order valence-electron chi connectivity index (χ1n) is 14.2. The lowest BCUT2D eigenvalue weighted by Crippen LogP contribution is -2.57. The van der Waals surface area contributed by atoms with Crippen molar-refractivity contribution in [2.24, 2.45) is 11.8 Å². The third kappa shape index (κ3) is 5.38. The van der Waals surface area contributed by atoms with Crippen molar-refractivity contribution in [3.05, 3.63) is 130 Å². The Balaban J connectivity index is 1.35. The number of rotatable bonds is 10. The number of carboxylic acid groups (broad SMARTS) is 1. The number of nitro groups is 1. The van der Waals surface area contributed by atoms with Gasteiger partial charge in [0.1, 0.15) is 5.54 Å². The number of carbonyl (C=O) groups excluding carboxylic acids is 2. The molecule has 0 bridgehead atoms. The maximum atomic E-state index is 14.0. The summed E-state index contributed by atoms with van der Waals surface area (Å²) in [6.07, 6.45) is -0.133. The molecule has 4 unspecified atom stereocenters. The van der Waals surface area contributed by atoms with E-state index in [1.165, 1.54) is 40.9 Å². The van der Waals surface area contributed by atoms with E-state index in [1.54, 1.807) is 0 Å². The van der Waals surface area contributed by atoms with Gasteiger partial charge in [-0.2, -0.15) is 0 Å². The van der Waals surface area contributed by atoms with Crippen LogP contribution < -0.4 is 5.32 Å². The highest BCUT2D eigenvalue weighted by atomic mass is 32.2. The average molecular weight is 608 g/mol. The molecular weight excluding hydrogens is 578 g/mol. The monoisotopic (exact) mass is 607 g/mol. The van der Waals surface area contributed by atoms with Crippen molar-refractivity contribution in [2.75, 3.05) is 12.3 Å². The molecule has 2 aliphatic heterocycles. The maximum absolute atomic E-state index is 14.0. The van der Waals surface area contributed by atoms with E-state index < -0.39 is 46.1 Å². The van der Waals surface area contributed by atoms with Crippen LogP contribution in [0, 0.1) is 22.0 Å². The Hall–Kier alpha value is -4.80. The van der Waals surface area contributed by atoms with Crippen LogP contribution in [-0.4, -0.2) is 50.5 Å². The molecule has 0 aliphatic carbocycles. The Morgan fingerprint density at radius 3 is 2.09 bits per heavy atom. The highest BCUT2D eigenvalue weighted by molar-refractivity contribution is 7.99. The van der Waals surface area contributed by atoms with E-state index in [4.69, 9.17) is 0 Å². The first-order chi connectivity index (χ1) is 21.3. The van der Waals surface area contributed by atoms with Crippen LogP contribution in [0.2, 0.25) is 0 Å². The van der Waals surface area contributed by atoms with Crippen molar-refractivity contribution in [3.63, 3.8) is 0 Å². The summed E-state index contributed by atoms with van der Waals surface area (Å²) in [5.74, 6) is -3.80. The fraction of sp³-hybridized carbons (Fsp3) is 0.206. The molecule has 4 aromatic rings. The van der Waals surface area contributed by atoms with Gasteiger partial charge in [0.05, 0.1) is 16.8 Å². The van der Waals surface area contributed by atoms with Crippen LogP contribution in [-0.2, 0) is 20.8 Å². The standard InChI is InChI=1S/C34H29N3O6S/c38-31-28-29(32(39)36(31)19-20-44-27-9-5-2-6-10-27)34(33(40)41,21-22-11-17-26(18-12-22)37(42)43)35-30(28)25-15-13-24(14-16-25)23-7-3-1-4-8-23/h1-18,28-30,35H,19-21H2,(H,40,41). The second-order valence-electron chi connectivity index (χ2n) is 11.0.